The minimum absolute atomic E-state index is 0.335. The normalized spacial score (nSPS) is 20.6. The van der Waals surface area contributed by atoms with Crippen LogP contribution in [0.5, 0.6) is 0 Å². The zero-order valence-corrected chi connectivity index (χ0v) is 13.0. The SMILES string of the molecule is c1ccc([C@@H]2C[C@@H](c3ccccc3)N(c3ccccc3)N2)cc1. The molecule has 1 aliphatic rings. The van der Waals surface area contributed by atoms with Gasteiger partial charge in [-0.25, -0.2) is 5.43 Å². The molecule has 2 atom stereocenters. The zero-order chi connectivity index (χ0) is 15.5. The predicted molar refractivity (Wildman–Crippen MR) is 95.0 cm³/mol. The van der Waals surface area contributed by atoms with Gasteiger partial charge in [-0.15, -0.1) is 0 Å². The zero-order valence-electron chi connectivity index (χ0n) is 13.0. The van der Waals surface area contributed by atoms with Gasteiger partial charge < -0.3 is 5.01 Å². The Labute approximate surface area is 137 Å². The van der Waals surface area contributed by atoms with Crippen LogP contribution in [0.2, 0.25) is 0 Å². The molecule has 1 N–H and O–H groups in total. The van der Waals surface area contributed by atoms with Crippen molar-refractivity contribution in [3.05, 3.63) is 102 Å². The number of para-hydroxylation sites is 1. The fourth-order valence-electron chi connectivity index (χ4n) is 3.34. The molecule has 2 nitrogen and oxygen atoms in total. The summed E-state index contributed by atoms with van der Waals surface area (Å²) < 4.78 is 0. The highest BCUT2D eigenvalue weighted by atomic mass is 15.6. The molecule has 1 saturated heterocycles. The second kappa shape index (κ2) is 6.27. The first-order chi connectivity index (χ1) is 11.4. The molecule has 0 amide bonds. The van der Waals surface area contributed by atoms with Crippen LogP contribution in [0, 0.1) is 0 Å². The lowest BCUT2D eigenvalue weighted by atomic mass is 9.97. The van der Waals surface area contributed by atoms with Crippen LogP contribution in [-0.2, 0) is 0 Å². The van der Waals surface area contributed by atoms with Crippen LogP contribution in [0.3, 0.4) is 0 Å². The first kappa shape index (κ1) is 14.0. The molecule has 0 bridgehead atoms. The standard InChI is InChI=1S/C21H20N2/c1-4-10-17(11-5-1)20-16-21(18-12-6-2-7-13-18)23(22-20)19-14-8-3-9-15-19/h1-15,20-22H,16H2/t20-,21-/m0/s1. The molecule has 3 aromatic rings. The van der Waals surface area contributed by atoms with Crippen molar-refractivity contribution in [1.82, 2.24) is 5.43 Å². The Kier molecular flexibility index (Phi) is 3.83. The van der Waals surface area contributed by atoms with Crippen molar-refractivity contribution >= 4 is 5.69 Å². The summed E-state index contributed by atoms with van der Waals surface area (Å²) in [4.78, 5) is 0. The number of nitrogens with one attached hydrogen (secondary N) is 1. The highest BCUT2D eigenvalue weighted by molar-refractivity contribution is 5.49. The van der Waals surface area contributed by atoms with Gasteiger partial charge in [-0.2, -0.15) is 0 Å². The summed E-state index contributed by atoms with van der Waals surface area (Å²) >= 11 is 0. The monoisotopic (exact) mass is 300 g/mol. The largest absolute Gasteiger partial charge is 0.300 e. The molecule has 0 aromatic heterocycles. The third-order valence-electron chi connectivity index (χ3n) is 4.49. The van der Waals surface area contributed by atoms with Gasteiger partial charge >= 0.3 is 0 Å². The molecule has 0 spiro atoms. The van der Waals surface area contributed by atoms with Gasteiger partial charge in [-0.1, -0.05) is 78.9 Å². The molecule has 0 saturated carbocycles. The Morgan fingerprint density at radius 2 is 1.17 bits per heavy atom. The fourth-order valence-corrected chi connectivity index (χ4v) is 3.34. The average molecular weight is 300 g/mol. The molecule has 1 heterocycles. The van der Waals surface area contributed by atoms with E-state index in [-0.39, 0.29) is 0 Å². The van der Waals surface area contributed by atoms with Crippen LogP contribution >= 0.6 is 0 Å². The van der Waals surface area contributed by atoms with E-state index in [1.54, 1.807) is 0 Å². The van der Waals surface area contributed by atoms with Crippen LogP contribution < -0.4 is 10.4 Å². The number of benzene rings is 3. The maximum atomic E-state index is 3.71. The Bertz CT molecular complexity index is 693. The molecule has 3 aromatic carbocycles. The second-order valence-corrected chi connectivity index (χ2v) is 5.96. The second-order valence-electron chi connectivity index (χ2n) is 5.96. The molecular weight excluding hydrogens is 280 g/mol. The minimum Gasteiger partial charge on any atom is -0.300 e. The van der Waals surface area contributed by atoms with E-state index in [2.05, 4.69) is 101 Å². The molecule has 0 unspecified atom stereocenters. The molecule has 2 heteroatoms. The Hall–Kier alpha value is -2.58. The number of hydrazine groups is 1. The Morgan fingerprint density at radius 1 is 0.652 bits per heavy atom. The Balaban J connectivity index is 1.70. The molecule has 114 valence electrons. The topological polar surface area (TPSA) is 15.3 Å². The number of hydrogen-bond acceptors (Lipinski definition) is 2. The smallest absolute Gasteiger partial charge is 0.0723 e. The van der Waals surface area contributed by atoms with E-state index in [4.69, 9.17) is 0 Å². The minimum atomic E-state index is 0.335. The summed E-state index contributed by atoms with van der Waals surface area (Å²) in [6.07, 6.45) is 1.06. The molecule has 1 aliphatic heterocycles. The Morgan fingerprint density at radius 3 is 1.78 bits per heavy atom. The van der Waals surface area contributed by atoms with Crippen molar-refractivity contribution < 1.29 is 0 Å². The molecule has 23 heavy (non-hydrogen) atoms. The lowest BCUT2D eigenvalue weighted by Gasteiger charge is -2.26. The number of hydrogen-bond donors (Lipinski definition) is 1. The highest BCUT2D eigenvalue weighted by Gasteiger charge is 2.33. The van der Waals surface area contributed by atoms with Gasteiger partial charge in [0.15, 0.2) is 0 Å². The lowest BCUT2D eigenvalue weighted by Crippen LogP contribution is -2.33. The van der Waals surface area contributed by atoms with Crippen molar-refractivity contribution in [3.8, 4) is 0 Å². The van der Waals surface area contributed by atoms with Crippen molar-refractivity contribution in [3.63, 3.8) is 0 Å². The molecule has 4 rings (SSSR count). The quantitative estimate of drug-likeness (QED) is 0.741. The average Bonchev–Trinajstić information content (AvgIpc) is 3.09. The molecule has 0 radical (unpaired) electrons. The summed E-state index contributed by atoms with van der Waals surface area (Å²) in [7, 11) is 0. The summed E-state index contributed by atoms with van der Waals surface area (Å²) in [5, 5.41) is 2.31. The number of rotatable bonds is 3. The summed E-state index contributed by atoms with van der Waals surface area (Å²) in [5.41, 5.74) is 7.60. The fraction of sp³-hybridized carbons (Fsp3) is 0.143. The van der Waals surface area contributed by atoms with Crippen molar-refractivity contribution in [2.75, 3.05) is 5.01 Å². The molecule has 0 aliphatic carbocycles. The summed E-state index contributed by atoms with van der Waals surface area (Å²) in [6.45, 7) is 0. The van der Waals surface area contributed by atoms with E-state index < -0.39 is 0 Å². The van der Waals surface area contributed by atoms with Gasteiger partial charge in [-0.05, 0) is 29.7 Å². The van der Waals surface area contributed by atoms with Gasteiger partial charge in [0.1, 0.15) is 0 Å². The summed E-state index contributed by atoms with van der Waals surface area (Å²) in [5.74, 6) is 0. The molecule has 1 fully saturated rings. The third-order valence-corrected chi connectivity index (χ3v) is 4.49. The van der Waals surface area contributed by atoms with Gasteiger partial charge in [0.05, 0.1) is 17.8 Å². The van der Waals surface area contributed by atoms with Crippen LogP contribution in [0.4, 0.5) is 5.69 Å². The predicted octanol–water partition coefficient (Wildman–Crippen LogP) is 4.88. The maximum absolute atomic E-state index is 3.71. The van der Waals surface area contributed by atoms with Crippen LogP contribution in [-0.4, -0.2) is 0 Å². The van der Waals surface area contributed by atoms with Crippen molar-refractivity contribution in [2.45, 2.75) is 18.5 Å². The van der Waals surface area contributed by atoms with E-state index in [1.165, 1.54) is 16.8 Å². The van der Waals surface area contributed by atoms with Crippen molar-refractivity contribution in [1.29, 1.82) is 0 Å². The maximum Gasteiger partial charge on any atom is 0.0723 e. The highest BCUT2D eigenvalue weighted by Crippen LogP contribution is 2.39. The van der Waals surface area contributed by atoms with E-state index in [0.29, 0.717) is 12.1 Å². The van der Waals surface area contributed by atoms with E-state index in [0.717, 1.165) is 6.42 Å². The van der Waals surface area contributed by atoms with Gasteiger partial charge in [0.2, 0.25) is 0 Å². The third kappa shape index (κ3) is 2.86. The lowest BCUT2D eigenvalue weighted by molar-refractivity contribution is 0.627. The van der Waals surface area contributed by atoms with E-state index in [9.17, 15) is 0 Å². The number of nitrogens with zero attached hydrogens (tertiary/aromatic N) is 1. The van der Waals surface area contributed by atoms with Crippen LogP contribution in [0.15, 0.2) is 91.0 Å². The number of anilines is 1. The van der Waals surface area contributed by atoms with E-state index >= 15 is 0 Å². The first-order valence-electron chi connectivity index (χ1n) is 8.12. The summed E-state index contributed by atoms with van der Waals surface area (Å²) in [6, 6.07) is 32.7. The van der Waals surface area contributed by atoms with Gasteiger partial charge in [-0.3, -0.25) is 0 Å². The first-order valence-corrected chi connectivity index (χ1v) is 8.12. The van der Waals surface area contributed by atoms with Crippen LogP contribution in [0.25, 0.3) is 0 Å². The molecular formula is C21H20N2. The van der Waals surface area contributed by atoms with Gasteiger partial charge in [0, 0.05) is 0 Å². The van der Waals surface area contributed by atoms with Crippen LogP contribution in [0.1, 0.15) is 29.6 Å². The van der Waals surface area contributed by atoms with E-state index in [1.807, 2.05) is 0 Å². The van der Waals surface area contributed by atoms with Gasteiger partial charge in [0.25, 0.3) is 0 Å². The van der Waals surface area contributed by atoms with Crippen molar-refractivity contribution in [2.24, 2.45) is 0 Å².